The third-order valence-electron chi connectivity index (χ3n) is 6.93. The molecule has 6 nitrogen and oxygen atoms in total. The number of ether oxygens (including phenoxy) is 1. The number of anilines is 2. The molecule has 0 spiro atoms. The average Bonchev–Trinajstić information content (AvgIpc) is 3.10. The molecule has 1 atom stereocenters. The monoisotopic (exact) mass is 521 g/mol. The Bertz CT molecular complexity index is 1240. The van der Waals surface area contributed by atoms with Gasteiger partial charge in [0.15, 0.2) is 0 Å². The molecule has 2 aliphatic heterocycles. The fraction of sp³-hybridized carbons (Fsp3) is 0.433. The molecule has 0 bridgehead atoms. The van der Waals surface area contributed by atoms with Crippen LogP contribution in [0.5, 0.6) is 0 Å². The lowest BCUT2D eigenvalue weighted by atomic mass is 10.0. The maximum absolute atomic E-state index is 13.6. The highest BCUT2D eigenvalue weighted by atomic mass is 19.3. The first-order valence-electron chi connectivity index (χ1n) is 13.0. The number of aliphatic imine (C=N–C) groups is 1. The molecule has 1 aromatic heterocycles. The first kappa shape index (κ1) is 27.6. The van der Waals surface area contributed by atoms with Crippen LogP contribution in [-0.4, -0.2) is 53.9 Å². The molecule has 38 heavy (non-hydrogen) atoms. The first-order valence-corrected chi connectivity index (χ1v) is 13.0. The molecule has 4 rings (SSSR count). The van der Waals surface area contributed by atoms with Gasteiger partial charge in [0.25, 0.3) is 5.92 Å². The van der Waals surface area contributed by atoms with Crippen LogP contribution in [0.2, 0.25) is 0 Å². The van der Waals surface area contributed by atoms with Gasteiger partial charge in [0.2, 0.25) is 0 Å². The summed E-state index contributed by atoms with van der Waals surface area (Å²) in [5, 5.41) is 0. The van der Waals surface area contributed by atoms with Gasteiger partial charge in [-0.3, -0.25) is 4.99 Å². The molecule has 0 aromatic carbocycles. The zero-order chi connectivity index (χ0) is 27.3. The van der Waals surface area contributed by atoms with Gasteiger partial charge in [-0.25, -0.2) is 18.7 Å². The highest BCUT2D eigenvalue weighted by molar-refractivity contribution is 5.88. The SMILES string of the molecule is C=C(C)CC1=CC=C(CN2C=CCc3c2ncnc3N2CCOCC2/C(C)=C/N=C(C)C(C)(F)F)CC=C1. The van der Waals surface area contributed by atoms with Gasteiger partial charge in [0.1, 0.15) is 18.0 Å². The Balaban J connectivity index is 1.59. The Morgan fingerprint density at radius 1 is 1.18 bits per heavy atom. The molecule has 8 heteroatoms. The van der Waals surface area contributed by atoms with Crippen molar-refractivity contribution in [3.63, 3.8) is 0 Å². The quantitative estimate of drug-likeness (QED) is 0.294. The van der Waals surface area contributed by atoms with E-state index in [4.69, 9.17) is 4.74 Å². The Morgan fingerprint density at radius 2 is 1.97 bits per heavy atom. The molecule has 1 aliphatic carbocycles. The maximum Gasteiger partial charge on any atom is 0.282 e. The van der Waals surface area contributed by atoms with Crippen LogP contribution in [0, 0.1) is 0 Å². The summed E-state index contributed by atoms with van der Waals surface area (Å²) in [7, 11) is 0. The van der Waals surface area contributed by atoms with Crippen LogP contribution in [-0.2, 0) is 11.2 Å². The molecule has 0 amide bonds. The zero-order valence-corrected chi connectivity index (χ0v) is 22.8. The lowest BCUT2D eigenvalue weighted by Crippen LogP contribution is -2.47. The van der Waals surface area contributed by atoms with Crippen LogP contribution in [0.3, 0.4) is 0 Å². The van der Waals surface area contributed by atoms with Crippen LogP contribution in [0.15, 0.2) is 83.0 Å². The van der Waals surface area contributed by atoms with E-state index in [0.29, 0.717) is 19.8 Å². The van der Waals surface area contributed by atoms with E-state index in [1.807, 2.05) is 13.8 Å². The molecule has 0 N–H and O–H groups in total. The van der Waals surface area contributed by atoms with Crippen molar-refractivity contribution in [1.29, 1.82) is 0 Å². The number of fused-ring (bicyclic) bond motifs is 1. The highest BCUT2D eigenvalue weighted by Gasteiger charge is 2.30. The Labute approximate surface area is 224 Å². The zero-order valence-electron chi connectivity index (χ0n) is 22.8. The molecule has 1 saturated heterocycles. The van der Waals surface area contributed by atoms with Crippen molar-refractivity contribution in [3.05, 3.63) is 83.5 Å². The number of alkyl halides is 2. The molecular weight excluding hydrogens is 484 g/mol. The summed E-state index contributed by atoms with van der Waals surface area (Å²) in [6, 6.07) is -0.157. The van der Waals surface area contributed by atoms with Gasteiger partial charge >= 0.3 is 0 Å². The van der Waals surface area contributed by atoms with Gasteiger partial charge in [-0.2, -0.15) is 0 Å². The van der Waals surface area contributed by atoms with Crippen molar-refractivity contribution >= 4 is 17.3 Å². The number of nitrogens with zero attached hydrogens (tertiary/aromatic N) is 5. The molecule has 3 aliphatic rings. The van der Waals surface area contributed by atoms with E-state index < -0.39 is 5.92 Å². The second-order valence-electron chi connectivity index (χ2n) is 10.3. The second-order valence-corrected chi connectivity index (χ2v) is 10.3. The largest absolute Gasteiger partial charge is 0.377 e. The number of hydrogen-bond donors (Lipinski definition) is 0. The number of allylic oxidation sites excluding steroid dienone is 7. The van der Waals surface area contributed by atoms with E-state index in [2.05, 4.69) is 67.9 Å². The normalized spacial score (nSPS) is 20.6. The lowest BCUT2D eigenvalue weighted by Gasteiger charge is -2.39. The van der Waals surface area contributed by atoms with Crippen LogP contribution in [0.4, 0.5) is 20.4 Å². The van der Waals surface area contributed by atoms with Crippen molar-refractivity contribution in [3.8, 4) is 0 Å². The molecule has 3 heterocycles. The van der Waals surface area contributed by atoms with Gasteiger partial charge in [-0.05, 0) is 56.8 Å². The summed E-state index contributed by atoms with van der Waals surface area (Å²) in [6.45, 7) is 12.6. The molecule has 0 saturated carbocycles. The first-order chi connectivity index (χ1) is 18.1. The third-order valence-corrected chi connectivity index (χ3v) is 6.93. The summed E-state index contributed by atoms with van der Waals surface area (Å²) in [6.07, 6.45) is 18.6. The van der Waals surface area contributed by atoms with Crippen LogP contribution in [0.1, 0.15) is 46.1 Å². The van der Waals surface area contributed by atoms with Gasteiger partial charge in [-0.15, -0.1) is 0 Å². The Morgan fingerprint density at radius 3 is 2.74 bits per heavy atom. The van der Waals surface area contributed by atoms with E-state index in [1.165, 1.54) is 24.3 Å². The van der Waals surface area contributed by atoms with E-state index in [1.54, 1.807) is 6.33 Å². The fourth-order valence-electron chi connectivity index (χ4n) is 4.71. The minimum Gasteiger partial charge on any atom is -0.377 e. The smallest absolute Gasteiger partial charge is 0.282 e. The number of morpholine rings is 1. The minimum atomic E-state index is -2.95. The fourth-order valence-corrected chi connectivity index (χ4v) is 4.71. The maximum atomic E-state index is 13.6. The van der Waals surface area contributed by atoms with Gasteiger partial charge in [0.05, 0.1) is 25.0 Å². The van der Waals surface area contributed by atoms with Crippen molar-refractivity contribution in [2.45, 2.75) is 58.9 Å². The average molecular weight is 522 g/mol. The Kier molecular flexibility index (Phi) is 8.72. The van der Waals surface area contributed by atoms with E-state index in [9.17, 15) is 8.78 Å². The standard InChI is InChI=1S/C30H37F2N5O/c1-21(2)16-24-8-6-9-25(12-11-24)18-36-13-7-10-26-28(36)34-20-35-29(26)37-14-15-38-19-27(37)22(3)17-33-23(4)30(5,31)32/h6-8,11-13,17,20,27H,1,9-10,14-16,18-19H2,2-5H3/b22-17+,33-23?. The van der Waals surface area contributed by atoms with Crippen LogP contribution in [0.25, 0.3) is 0 Å². The highest BCUT2D eigenvalue weighted by Crippen LogP contribution is 2.34. The molecule has 1 unspecified atom stereocenters. The topological polar surface area (TPSA) is 53.9 Å². The van der Waals surface area contributed by atoms with Crippen molar-refractivity contribution in [2.24, 2.45) is 4.99 Å². The van der Waals surface area contributed by atoms with Gasteiger partial charge in [0, 0.05) is 38.0 Å². The molecular formula is C30H37F2N5O. The second kappa shape index (κ2) is 12.0. The summed E-state index contributed by atoms with van der Waals surface area (Å²) < 4.78 is 33.0. The molecule has 202 valence electrons. The van der Waals surface area contributed by atoms with E-state index in [-0.39, 0.29) is 11.8 Å². The molecule has 0 radical (unpaired) electrons. The predicted molar refractivity (Wildman–Crippen MR) is 151 cm³/mol. The number of rotatable bonds is 8. The van der Waals surface area contributed by atoms with E-state index >= 15 is 0 Å². The van der Waals surface area contributed by atoms with Crippen molar-refractivity contribution in [2.75, 3.05) is 36.1 Å². The van der Waals surface area contributed by atoms with Crippen LogP contribution >= 0.6 is 0 Å². The summed E-state index contributed by atoms with van der Waals surface area (Å²) >= 11 is 0. The number of aromatic nitrogens is 2. The third kappa shape index (κ3) is 6.72. The summed E-state index contributed by atoms with van der Waals surface area (Å²) in [5.74, 6) is -1.21. The van der Waals surface area contributed by atoms with Crippen LogP contribution < -0.4 is 9.80 Å². The minimum absolute atomic E-state index is 0.157. The number of hydrogen-bond acceptors (Lipinski definition) is 6. The van der Waals surface area contributed by atoms with E-state index in [0.717, 1.165) is 61.1 Å². The molecule has 1 aromatic rings. The van der Waals surface area contributed by atoms with Crippen molar-refractivity contribution < 1.29 is 13.5 Å². The predicted octanol–water partition coefficient (Wildman–Crippen LogP) is 6.36. The van der Waals surface area contributed by atoms with Gasteiger partial charge in [-0.1, -0.05) is 42.5 Å². The lowest BCUT2D eigenvalue weighted by molar-refractivity contribution is 0.0997. The Hall–Kier alpha value is -3.39. The number of halogens is 2. The summed E-state index contributed by atoms with van der Waals surface area (Å²) in [4.78, 5) is 17.8. The van der Waals surface area contributed by atoms with Crippen molar-refractivity contribution in [1.82, 2.24) is 9.97 Å². The van der Waals surface area contributed by atoms with Gasteiger partial charge < -0.3 is 14.5 Å². The summed E-state index contributed by atoms with van der Waals surface area (Å²) in [5.41, 5.74) is 5.38. The molecule has 1 fully saturated rings.